The Bertz CT molecular complexity index is 500. The van der Waals surface area contributed by atoms with Gasteiger partial charge >= 0.3 is 6.18 Å². The van der Waals surface area contributed by atoms with E-state index >= 15 is 0 Å². The first-order valence-electron chi connectivity index (χ1n) is 7.01. The summed E-state index contributed by atoms with van der Waals surface area (Å²) in [6.07, 6.45) is -5.63. The zero-order chi connectivity index (χ0) is 16.3. The van der Waals surface area contributed by atoms with E-state index in [2.05, 4.69) is 4.98 Å². The lowest BCUT2D eigenvalue weighted by atomic mass is 9.99. The summed E-state index contributed by atoms with van der Waals surface area (Å²) >= 11 is 0.981. The molecular formula is C14H18F3NO3S. The average Bonchev–Trinajstić information content (AvgIpc) is 2.46. The molecule has 22 heavy (non-hydrogen) atoms. The van der Waals surface area contributed by atoms with Crippen LogP contribution >= 0.6 is 11.8 Å². The molecule has 1 aromatic heterocycles. The van der Waals surface area contributed by atoms with Crippen molar-refractivity contribution in [1.82, 2.24) is 4.98 Å². The second-order valence-electron chi connectivity index (χ2n) is 5.16. The van der Waals surface area contributed by atoms with E-state index in [1.807, 2.05) is 6.92 Å². The molecule has 8 heteroatoms. The molecule has 124 valence electrons. The molecule has 0 saturated carbocycles. The fraction of sp³-hybridized carbons (Fsp3) is 0.643. The zero-order valence-corrected chi connectivity index (χ0v) is 12.8. The highest BCUT2D eigenvalue weighted by Gasteiger charge is 2.39. The number of halogens is 3. The van der Waals surface area contributed by atoms with Crippen LogP contribution in [-0.4, -0.2) is 45.4 Å². The van der Waals surface area contributed by atoms with Crippen LogP contribution in [0.1, 0.15) is 25.5 Å². The SMILES string of the molecule is CCCC1OCC(Sc2cccc(C(F)(F)F)n2)C(O)C1O. The number of hydrogen-bond donors (Lipinski definition) is 2. The number of pyridine rings is 1. The zero-order valence-electron chi connectivity index (χ0n) is 12.0. The van der Waals surface area contributed by atoms with Gasteiger partial charge in [-0.1, -0.05) is 31.2 Å². The van der Waals surface area contributed by atoms with Gasteiger partial charge in [-0.15, -0.1) is 0 Å². The minimum absolute atomic E-state index is 0.142. The van der Waals surface area contributed by atoms with Crippen LogP contribution in [-0.2, 0) is 10.9 Å². The van der Waals surface area contributed by atoms with Crippen molar-refractivity contribution in [1.29, 1.82) is 0 Å². The third kappa shape index (κ3) is 4.13. The first kappa shape index (κ1) is 17.5. The Kier molecular flexibility index (Phi) is 5.70. The van der Waals surface area contributed by atoms with Crippen LogP contribution in [0.2, 0.25) is 0 Å². The number of aliphatic hydroxyl groups excluding tert-OH is 2. The van der Waals surface area contributed by atoms with Crippen LogP contribution in [0.3, 0.4) is 0 Å². The molecule has 2 N–H and O–H groups in total. The Morgan fingerprint density at radius 3 is 2.68 bits per heavy atom. The second kappa shape index (κ2) is 7.16. The molecule has 2 rings (SSSR count). The van der Waals surface area contributed by atoms with Gasteiger partial charge in [-0.3, -0.25) is 0 Å². The van der Waals surface area contributed by atoms with Crippen molar-refractivity contribution in [3.63, 3.8) is 0 Å². The summed E-state index contributed by atoms with van der Waals surface area (Å²) in [7, 11) is 0. The molecule has 1 saturated heterocycles. The van der Waals surface area contributed by atoms with E-state index in [9.17, 15) is 23.4 Å². The molecular weight excluding hydrogens is 319 g/mol. The van der Waals surface area contributed by atoms with Crippen molar-refractivity contribution < 1.29 is 28.1 Å². The predicted octanol–water partition coefficient (Wildman–Crippen LogP) is 2.48. The lowest BCUT2D eigenvalue weighted by Crippen LogP contribution is -2.51. The van der Waals surface area contributed by atoms with Gasteiger partial charge in [0.15, 0.2) is 0 Å². The van der Waals surface area contributed by atoms with E-state index in [1.165, 1.54) is 12.1 Å². The molecule has 4 unspecified atom stereocenters. The van der Waals surface area contributed by atoms with Crippen LogP contribution in [0.15, 0.2) is 23.2 Å². The number of aliphatic hydroxyl groups is 2. The molecule has 0 amide bonds. The standard InChI is InChI=1S/C14H18F3NO3S/c1-2-4-8-12(19)13(20)9(7-21-8)22-11-6-3-5-10(18-11)14(15,16)17/h3,5-6,8-9,12-13,19-20H,2,4,7H2,1H3. The number of nitrogens with zero attached hydrogens (tertiary/aromatic N) is 1. The summed E-state index contributed by atoms with van der Waals surface area (Å²) < 4.78 is 43.4. The van der Waals surface area contributed by atoms with Crippen molar-refractivity contribution in [3.8, 4) is 0 Å². The Hall–Kier alpha value is -0.830. The second-order valence-corrected chi connectivity index (χ2v) is 6.42. The molecule has 0 spiro atoms. The first-order chi connectivity index (χ1) is 10.3. The average molecular weight is 337 g/mol. The van der Waals surface area contributed by atoms with Gasteiger partial charge in [-0.25, -0.2) is 4.98 Å². The Labute approximate surface area is 130 Å². The molecule has 0 aromatic carbocycles. The molecule has 1 aliphatic heterocycles. The van der Waals surface area contributed by atoms with Gasteiger partial charge in [0.1, 0.15) is 11.8 Å². The van der Waals surface area contributed by atoms with Gasteiger partial charge in [0.25, 0.3) is 0 Å². The fourth-order valence-corrected chi connectivity index (χ4v) is 3.36. The molecule has 4 atom stereocenters. The molecule has 1 aliphatic rings. The largest absolute Gasteiger partial charge is 0.433 e. The number of rotatable bonds is 4. The number of ether oxygens (including phenoxy) is 1. The van der Waals surface area contributed by atoms with Gasteiger partial charge in [-0.05, 0) is 18.6 Å². The summed E-state index contributed by atoms with van der Waals surface area (Å²) in [5, 5.41) is 19.7. The quantitative estimate of drug-likeness (QED) is 0.884. The van der Waals surface area contributed by atoms with Crippen molar-refractivity contribution in [2.45, 2.75) is 54.5 Å². The van der Waals surface area contributed by atoms with Gasteiger partial charge in [-0.2, -0.15) is 13.2 Å². The Morgan fingerprint density at radius 1 is 1.32 bits per heavy atom. The van der Waals surface area contributed by atoms with E-state index in [0.29, 0.717) is 6.42 Å². The molecule has 0 bridgehead atoms. The minimum Gasteiger partial charge on any atom is -0.389 e. The third-order valence-electron chi connectivity index (χ3n) is 3.45. The summed E-state index contributed by atoms with van der Waals surface area (Å²) in [6, 6.07) is 3.60. The lowest BCUT2D eigenvalue weighted by molar-refractivity contribution is -0.141. The Morgan fingerprint density at radius 2 is 2.05 bits per heavy atom. The van der Waals surface area contributed by atoms with Gasteiger partial charge < -0.3 is 14.9 Å². The smallest absolute Gasteiger partial charge is 0.389 e. The number of alkyl halides is 3. The van der Waals surface area contributed by atoms with Gasteiger partial charge in [0.05, 0.1) is 29.1 Å². The van der Waals surface area contributed by atoms with E-state index in [-0.39, 0.29) is 11.6 Å². The highest BCUT2D eigenvalue weighted by Crippen LogP contribution is 2.33. The molecule has 0 radical (unpaired) electrons. The van der Waals surface area contributed by atoms with Crippen molar-refractivity contribution in [2.75, 3.05) is 6.61 Å². The van der Waals surface area contributed by atoms with Crippen molar-refractivity contribution in [3.05, 3.63) is 23.9 Å². The maximum Gasteiger partial charge on any atom is 0.433 e. The summed E-state index contributed by atoms with van der Waals surface area (Å²) in [6.45, 7) is 2.10. The van der Waals surface area contributed by atoms with Gasteiger partial charge in [0.2, 0.25) is 0 Å². The number of aromatic nitrogens is 1. The Balaban J connectivity index is 2.05. The van der Waals surface area contributed by atoms with Crippen LogP contribution in [0.25, 0.3) is 0 Å². The highest BCUT2D eigenvalue weighted by molar-refractivity contribution is 8.00. The normalized spacial score (nSPS) is 29.5. The van der Waals surface area contributed by atoms with Crippen LogP contribution < -0.4 is 0 Å². The van der Waals surface area contributed by atoms with Crippen LogP contribution in [0.5, 0.6) is 0 Å². The number of thioether (sulfide) groups is 1. The molecule has 2 heterocycles. The molecule has 1 fully saturated rings. The minimum atomic E-state index is -4.51. The van der Waals surface area contributed by atoms with Gasteiger partial charge in [0, 0.05) is 0 Å². The first-order valence-corrected chi connectivity index (χ1v) is 7.89. The van der Waals surface area contributed by atoms with Crippen LogP contribution in [0.4, 0.5) is 13.2 Å². The number of hydrogen-bond acceptors (Lipinski definition) is 5. The molecule has 4 nitrogen and oxygen atoms in total. The summed E-state index contributed by atoms with van der Waals surface area (Å²) in [5.74, 6) is 0. The third-order valence-corrected chi connectivity index (χ3v) is 4.63. The van der Waals surface area contributed by atoms with Crippen LogP contribution in [0, 0.1) is 0 Å². The monoisotopic (exact) mass is 337 g/mol. The van der Waals surface area contributed by atoms with Crippen molar-refractivity contribution in [2.24, 2.45) is 0 Å². The maximum absolute atomic E-state index is 12.6. The van der Waals surface area contributed by atoms with Crippen molar-refractivity contribution >= 4 is 11.8 Å². The summed E-state index contributed by atoms with van der Waals surface area (Å²) in [5.41, 5.74) is -0.979. The lowest BCUT2D eigenvalue weighted by Gasteiger charge is -2.37. The predicted molar refractivity (Wildman–Crippen MR) is 75.5 cm³/mol. The van der Waals surface area contributed by atoms with E-state index in [4.69, 9.17) is 4.74 Å². The topological polar surface area (TPSA) is 62.6 Å². The highest BCUT2D eigenvalue weighted by atomic mass is 32.2. The molecule has 0 aliphatic carbocycles. The van der Waals surface area contributed by atoms with E-state index in [1.54, 1.807) is 0 Å². The summed E-state index contributed by atoms with van der Waals surface area (Å²) in [4.78, 5) is 3.54. The fourth-order valence-electron chi connectivity index (χ4n) is 2.29. The van der Waals surface area contributed by atoms with E-state index < -0.39 is 35.4 Å². The maximum atomic E-state index is 12.6. The molecule has 1 aromatic rings. The van der Waals surface area contributed by atoms with E-state index in [0.717, 1.165) is 24.2 Å².